The van der Waals surface area contributed by atoms with E-state index in [9.17, 15) is 18.6 Å². The fourth-order valence-corrected chi connectivity index (χ4v) is 5.11. The van der Waals surface area contributed by atoms with Crippen molar-refractivity contribution >= 4 is 44.1 Å². The van der Waals surface area contributed by atoms with Crippen LogP contribution in [0, 0.1) is 0 Å². The third-order valence-corrected chi connectivity index (χ3v) is 7.22. The minimum Gasteiger partial charge on any atom is -0.504 e. The molecule has 0 fully saturated rings. The Morgan fingerprint density at radius 1 is 0.971 bits per heavy atom. The van der Waals surface area contributed by atoms with E-state index in [-0.39, 0.29) is 38.3 Å². The lowest BCUT2D eigenvalue weighted by atomic mass is 10.2. The predicted molar refractivity (Wildman–Crippen MR) is 131 cm³/mol. The molecular formula is C24H19N5O5S. The molecule has 0 aliphatic heterocycles. The summed E-state index contributed by atoms with van der Waals surface area (Å²) in [6.07, 6.45) is 1.36. The normalized spacial score (nSPS) is 12.0. The van der Waals surface area contributed by atoms with Gasteiger partial charge in [-0.05, 0) is 60.2 Å². The summed E-state index contributed by atoms with van der Waals surface area (Å²) in [4.78, 5) is 8.91. The van der Waals surface area contributed by atoms with Crippen LogP contribution >= 0.6 is 0 Å². The van der Waals surface area contributed by atoms with Gasteiger partial charge in [-0.15, -0.1) is 0 Å². The Kier molecular flexibility index (Phi) is 5.25. The lowest BCUT2D eigenvalue weighted by Crippen LogP contribution is -2.06. The summed E-state index contributed by atoms with van der Waals surface area (Å²) in [6.45, 7) is 0. The van der Waals surface area contributed by atoms with Crippen LogP contribution in [0.5, 0.6) is 17.2 Å². The molecule has 0 saturated heterocycles. The molecule has 0 atom stereocenters. The zero-order chi connectivity index (χ0) is 24.7. The molecule has 3 aromatic carbocycles. The molecule has 0 amide bonds. The van der Waals surface area contributed by atoms with Crippen LogP contribution in [-0.2, 0) is 9.84 Å². The van der Waals surface area contributed by atoms with Crippen molar-refractivity contribution in [2.24, 2.45) is 5.10 Å². The van der Waals surface area contributed by atoms with Crippen LogP contribution in [-0.4, -0.2) is 46.6 Å². The lowest BCUT2D eigenvalue weighted by Gasteiger charge is -2.06. The molecule has 0 radical (unpaired) electrons. The molecular weight excluding hydrogens is 470 g/mol. The van der Waals surface area contributed by atoms with Gasteiger partial charge in [-0.25, -0.2) is 18.4 Å². The third kappa shape index (κ3) is 3.77. The maximum atomic E-state index is 13.7. The Balaban J connectivity index is 1.76. The van der Waals surface area contributed by atoms with Gasteiger partial charge in [0.05, 0.1) is 29.3 Å². The van der Waals surface area contributed by atoms with Crippen molar-refractivity contribution in [1.29, 1.82) is 0 Å². The van der Waals surface area contributed by atoms with Crippen LogP contribution < -0.4 is 10.5 Å². The molecule has 5 aromatic rings. The van der Waals surface area contributed by atoms with E-state index in [4.69, 9.17) is 10.5 Å². The number of aromatic nitrogens is 3. The molecule has 0 aliphatic carbocycles. The minimum absolute atomic E-state index is 0.00597. The summed E-state index contributed by atoms with van der Waals surface area (Å²) in [5, 5.41) is 23.6. The van der Waals surface area contributed by atoms with Crippen LogP contribution in [0.4, 0.5) is 5.82 Å². The molecule has 176 valence electrons. The molecule has 10 nitrogen and oxygen atoms in total. The van der Waals surface area contributed by atoms with Crippen LogP contribution in [0.1, 0.15) is 5.56 Å². The number of nitrogens with two attached hydrogens (primary N) is 1. The van der Waals surface area contributed by atoms with Crippen molar-refractivity contribution in [3.63, 3.8) is 0 Å². The first-order valence-corrected chi connectivity index (χ1v) is 11.8. The average Bonchev–Trinajstić information content (AvgIpc) is 3.13. The first-order chi connectivity index (χ1) is 16.8. The van der Waals surface area contributed by atoms with Gasteiger partial charge < -0.3 is 20.7 Å². The molecule has 2 aromatic heterocycles. The van der Waals surface area contributed by atoms with Crippen LogP contribution in [0.3, 0.4) is 0 Å². The number of para-hydroxylation sites is 2. The number of sulfone groups is 1. The first-order valence-electron chi connectivity index (χ1n) is 10.3. The number of phenolic OH excluding ortho intramolecular Hbond substituents is 2. The highest BCUT2D eigenvalue weighted by molar-refractivity contribution is 7.92. The summed E-state index contributed by atoms with van der Waals surface area (Å²) in [5.41, 5.74) is 8.04. The van der Waals surface area contributed by atoms with Crippen molar-refractivity contribution in [2.45, 2.75) is 9.79 Å². The highest BCUT2D eigenvalue weighted by atomic mass is 32.2. The van der Waals surface area contributed by atoms with Gasteiger partial charge in [-0.3, -0.25) is 0 Å². The molecule has 2 heterocycles. The molecule has 0 aliphatic rings. The number of fused-ring (bicyclic) bond motifs is 2. The number of methoxy groups -OCH3 is 1. The van der Waals surface area contributed by atoms with E-state index in [1.54, 1.807) is 36.4 Å². The van der Waals surface area contributed by atoms with E-state index in [0.29, 0.717) is 22.3 Å². The number of hydrogen-bond donors (Lipinski definition) is 3. The molecule has 11 heteroatoms. The largest absolute Gasteiger partial charge is 0.504 e. The van der Waals surface area contributed by atoms with Gasteiger partial charge in [0.1, 0.15) is 22.0 Å². The number of nitrogen functional groups attached to an aromatic ring is 1. The average molecular weight is 490 g/mol. The number of aromatic hydroxyl groups is 2. The highest BCUT2D eigenvalue weighted by Gasteiger charge is 2.30. The predicted octanol–water partition coefficient (Wildman–Crippen LogP) is 3.30. The van der Waals surface area contributed by atoms with E-state index in [0.717, 1.165) is 0 Å². The number of phenols is 2. The van der Waals surface area contributed by atoms with Crippen molar-refractivity contribution in [2.75, 3.05) is 12.8 Å². The standard InChI is InChI=1S/C24H19N5O5S/c1-34-15-7-9-16(10-8-15)35(32,33)22-21-24(28-18-5-3-2-4-17(18)27-21)29(23(22)25)26-13-14-6-11-19(30)20(31)12-14/h2-13,30-31H,25H2,1H3/b26-13-. The highest BCUT2D eigenvalue weighted by Crippen LogP contribution is 2.35. The number of hydrogen-bond acceptors (Lipinski definition) is 9. The second kappa shape index (κ2) is 8.29. The molecule has 0 saturated carbocycles. The van der Waals surface area contributed by atoms with E-state index in [1.165, 1.54) is 48.3 Å². The molecule has 4 N–H and O–H groups in total. The van der Waals surface area contributed by atoms with Gasteiger partial charge >= 0.3 is 0 Å². The monoisotopic (exact) mass is 489 g/mol. The SMILES string of the molecule is COc1ccc(S(=O)(=O)c2c(N)n(/N=C\c3ccc(O)c(O)c3)c3nc4ccccc4nc23)cc1. The van der Waals surface area contributed by atoms with Crippen LogP contribution in [0.2, 0.25) is 0 Å². The van der Waals surface area contributed by atoms with Gasteiger partial charge in [-0.1, -0.05) is 12.1 Å². The Morgan fingerprint density at radius 3 is 2.31 bits per heavy atom. The number of rotatable bonds is 5. The number of anilines is 1. The Bertz CT molecular complexity index is 1730. The van der Waals surface area contributed by atoms with Gasteiger partial charge in [0.25, 0.3) is 0 Å². The van der Waals surface area contributed by atoms with E-state index < -0.39 is 9.84 Å². The van der Waals surface area contributed by atoms with Gasteiger partial charge in [-0.2, -0.15) is 9.78 Å². The fourth-order valence-electron chi connectivity index (χ4n) is 3.62. The number of ether oxygens (including phenoxy) is 1. The zero-order valence-electron chi connectivity index (χ0n) is 18.3. The van der Waals surface area contributed by atoms with E-state index in [2.05, 4.69) is 15.1 Å². The number of benzene rings is 3. The summed E-state index contributed by atoms with van der Waals surface area (Å²) in [5.74, 6) is -0.275. The van der Waals surface area contributed by atoms with Crippen LogP contribution in [0.25, 0.3) is 22.2 Å². The third-order valence-electron chi connectivity index (χ3n) is 5.39. The summed E-state index contributed by atoms with van der Waals surface area (Å²) >= 11 is 0. The molecule has 35 heavy (non-hydrogen) atoms. The van der Waals surface area contributed by atoms with Crippen molar-refractivity contribution < 1.29 is 23.4 Å². The molecule has 5 rings (SSSR count). The number of nitrogens with zero attached hydrogens (tertiary/aromatic N) is 4. The Morgan fingerprint density at radius 2 is 1.66 bits per heavy atom. The Labute approximate surface area is 199 Å². The van der Waals surface area contributed by atoms with E-state index >= 15 is 0 Å². The van der Waals surface area contributed by atoms with Crippen molar-refractivity contribution in [3.05, 3.63) is 72.3 Å². The second-order valence-corrected chi connectivity index (χ2v) is 9.47. The van der Waals surface area contributed by atoms with Gasteiger partial charge in [0.2, 0.25) is 9.84 Å². The minimum atomic E-state index is -4.12. The van der Waals surface area contributed by atoms with Crippen molar-refractivity contribution in [1.82, 2.24) is 14.6 Å². The van der Waals surface area contributed by atoms with Crippen LogP contribution in [0.15, 0.2) is 81.6 Å². The quantitative estimate of drug-likeness (QED) is 0.251. The molecule has 0 unspecified atom stereocenters. The lowest BCUT2D eigenvalue weighted by molar-refractivity contribution is 0.403. The molecule has 0 bridgehead atoms. The van der Waals surface area contributed by atoms with Crippen molar-refractivity contribution in [3.8, 4) is 17.2 Å². The smallest absolute Gasteiger partial charge is 0.212 e. The summed E-state index contributed by atoms with van der Waals surface area (Å²) in [7, 11) is -2.63. The second-order valence-electron chi connectivity index (χ2n) is 7.58. The Hall–Kier alpha value is -4.64. The summed E-state index contributed by atoms with van der Waals surface area (Å²) < 4.78 is 33.6. The first kappa shape index (κ1) is 22.2. The van der Waals surface area contributed by atoms with Gasteiger partial charge in [0, 0.05) is 0 Å². The maximum Gasteiger partial charge on any atom is 0.212 e. The molecule has 0 spiro atoms. The topological polar surface area (TPSA) is 153 Å². The zero-order valence-corrected chi connectivity index (χ0v) is 19.1. The van der Waals surface area contributed by atoms with Gasteiger partial charge in [0.15, 0.2) is 17.1 Å². The summed E-state index contributed by atoms with van der Waals surface area (Å²) in [6, 6.07) is 17.1. The fraction of sp³-hybridized carbons (Fsp3) is 0.0417. The maximum absolute atomic E-state index is 13.7. The van der Waals surface area contributed by atoms with E-state index in [1.807, 2.05) is 0 Å².